The van der Waals surface area contributed by atoms with E-state index in [9.17, 15) is 4.79 Å². The van der Waals surface area contributed by atoms with Gasteiger partial charge in [-0.15, -0.1) is 0 Å². The van der Waals surface area contributed by atoms with Crippen molar-refractivity contribution < 1.29 is 14.5 Å². The fraction of sp³-hybridized carbons (Fsp3) is 0.348. The molecule has 1 heterocycles. The second-order valence-electron chi connectivity index (χ2n) is 7.33. The Hall–Kier alpha value is -2.59. The van der Waals surface area contributed by atoms with Crippen LogP contribution in [0, 0.1) is 6.92 Å². The monoisotopic (exact) mass is 366 g/mol. The average Bonchev–Trinajstić information content (AvgIpc) is 2.64. The number of methoxy groups -OCH3 is 1. The topological polar surface area (TPSA) is 56.0 Å². The van der Waals surface area contributed by atoms with Crippen molar-refractivity contribution in [3.05, 3.63) is 75.1 Å². The molecule has 3 rings (SSSR count). The van der Waals surface area contributed by atoms with Gasteiger partial charge in [0, 0.05) is 23.4 Å². The highest BCUT2D eigenvalue weighted by Gasteiger charge is 2.12. The predicted molar refractivity (Wildman–Crippen MR) is 109 cm³/mol. The molecule has 0 amide bonds. The molecule has 4 heteroatoms. The first-order valence-corrected chi connectivity index (χ1v) is 9.50. The van der Waals surface area contributed by atoms with Crippen LogP contribution in [0.5, 0.6) is 5.75 Å². The Bertz CT molecular complexity index is 971. The van der Waals surface area contributed by atoms with E-state index in [1.54, 1.807) is 13.2 Å². The number of hydrogen-bond donors (Lipinski definition) is 1. The first kappa shape index (κ1) is 19.2. The average molecular weight is 366 g/mol. The number of aryl methyl sites for hydroxylation is 1. The smallest absolute Gasteiger partial charge is 0.336 e. The molecule has 27 heavy (non-hydrogen) atoms. The van der Waals surface area contributed by atoms with E-state index < -0.39 is 0 Å². The Morgan fingerprint density at radius 1 is 1.11 bits per heavy atom. The zero-order valence-corrected chi connectivity index (χ0v) is 16.5. The van der Waals surface area contributed by atoms with Crippen LogP contribution in [0.25, 0.3) is 11.0 Å². The van der Waals surface area contributed by atoms with Gasteiger partial charge in [0.05, 0.1) is 13.7 Å². The number of nitrogens with two attached hydrogens (primary N) is 1. The molecule has 0 atom stereocenters. The van der Waals surface area contributed by atoms with Crippen LogP contribution in [0.1, 0.15) is 42.0 Å². The normalized spacial score (nSPS) is 11.3. The number of rotatable bonds is 7. The molecule has 4 nitrogen and oxygen atoms in total. The molecule has 3 aromatic rings. The maximum Gasteiger partial charge on any atom is 0.336 e. The summed E-state index contributed by atoms with van der Waals surface area (Å²) in [7, 11) is 1.68. The Morgan fingerprint density at radius 2 is 1.85 bits per heavy atom. The summed E-state index contributed by atoms with van der Waals surface area (Å²) in [5.74, 6) is 1.31. The van der Waals surface area contributed by atoms with E-state index >= 15 is 0 Å². The van der Waals surface area contributed by atoms with E-state index in [2.05, 4.69) is 44.3 Å². The second kappa shape index (κ2) is 8.40. The van der Waals surface area contributed by atoms with E-state index in [0.29, 0.717) is 11.5 Å². The molecule has 0 unspecified atom stereocenters. The minimum atomic E-state index is -0.280. The number of quaternary nitrogens is 1. The molecule has 0 radical (unpaired) electrons. The van der Waals surface area contributed by atoms with Crippen LogP contribution in [0.15, 0.2) is 51.7 Å². The minimum Gasteiger partial charge on any atom is -0.497 e. The highest BCUT2D eigenvalue weighted by Crippen LogP contribution is 2.26. The van der Waals surface area contributed by atoms with Crippen molar-refractivity contribution in [3.63, 3.8) is 0 Å². The molecule has 0 fully saturated rings. The summed E-state index contributed by atoms with van der Waals surface area (Å²) >= 11 is 0. The molecular weight excluding hydrogens is 338 g/mol. The summed E-state index contributed by atoms with van der Waals surface area (Å²) in [4.78, 5) is 12.0. The Balaban J connectivity index is 1.73. The van der Waals surface area contributed by atoms with E-state index in [1.165, 1.54) is 16.7 Å². The van der Waals surface area contributed by atoms with Gasteiger partial charge in [0.25, 0.3) is 0 Å². The molecule has 1 aromatic heterocycles. The molecule has 0 aliphatic heterocycles. The zero-order valence-electron chi connectivity index (χ0n) is 16.5. The molecular formula is C23H28NO3+. The Labute approximate surface area is 160 Å². The standard InChI is InChI=1S/C23H27NO3/c1-15(2)20-13-21-18(12-23(25)27-22(21)11-16(20)3)14-24-10-9-17-5-7-19(26-4)8-6-17/h5-8,11-13,15,24H,9-10,14H2,1-4H3/p+1. The van der Waals surface area contributed by atoms with Gasteiger partial charge < -0.3 is 14.5 Å². The van der Waals surface area contributed by atoms with Gasteiger partial charge in [-0.1, -0.05) is 26.0 Å². The van der Waals surface area contributed by atoms with Gasteiger partial charge in [-0.25, -0.2) is 4.79 Å². The number of benzene rings is 2. The third-order valence-corrected chi connectivity index (χ3v) is 5.00. The molecule has 0 bridgehead atoms. The lowest BCUT2D eigenvalue weighted by atomic mass is 9.95. The number of hydrogen-bond acceptors (Lipinski definition) is 3. The zero-order chi connectivity index (χ0) is 19.4. The van der Waals surface area contributed by atoms with Crippen molar-refractivity contribution in [2.24, 2.45) is 0 Å². The lowest BCUT2D eigenvalue weighted by Crippen LogP contribution is -2.83. The molecule has 0 spiro atoms. The van der Waals surface area contributed by atoms with Gasteiger partial charge >= 0.3 is 5.63 Å². The molecule has 0 aliphatic rings. The van der Waals surface area contributed by atoms with Crippen LogP contribution in [0.4, 0.5) is 0 Å². The minimum absolute atomic E-state index is 0.280. The van der Waals surface area contributed by atoms with E-state index in [4.69, 9.17) is 9.15 Å². The summed E-state index contributed by atoms with van der Waals surface area (Å²) in [6.45, 7) is 8.17. The van der Waals surface area contributed by atoms with Gasteiger partial charge in [-0.2, -0.15) is 0 Å². The highest BCUT2D eigenvalue weighted by molar-refractivity contribution is 5.82. The SMILES string of the molecule is COc1ccc(CC[NH2+]Cc2cc(=O)oc3cc(C)c(C(C)C)cc23)cc1. The third kappa shape index (κ3) is 4.58. The van der Waals surface area contributed by atoms with Crippen LogP contribution in [-0.4, -0.2) is 13.7 Å². The van der Waals surface area contributed by atoms with Crippen molar-refractivity contribution in [2.75, 3.05) is 13.7 Å². The summed E-state index contributed by atoms with van der Waals surface area (Å²) < 4.78 is 10.6. The molecule has 142 valence electrons. The quantitative estimate of drug-likeness (QED) is 0.514. The lowest BCUT2D eigenvalue weighted by molar-refractivity contribution is -0.670. The fourth-order valence-corrected chi connectivity index (χ4v) is 3.50. The van der Waals surface area contributed by atoms with Crippen molar-refractivity contribution in [1.82, 2.24) is 0 Å². The molecule has 2 aromatic carbocycles. The van der Waals surface area contributed by atoms with Crippen molar-refractivity contribution in [3.8, 4) is 5.75 Å². The number of fused-ring (bicyclic) bond motifs is 1. The number of ether oxygens (including phenoxy) is 1. The predicted octanol–water partition coefficient (Wildman–Crippen LogP) is 3.54. The Kier molecular flexibility index (Phi) is 5.97. The lowest BCUT2D eigenvalue weighted by Gasteiger charge is -2.12. The maximum absolute atomic E-state index is 12.0. The van der Waals surface area contributed by atoms with Gasteiger partial charge in [0.2, 0.25) is 0 Å². The van der Waals surface area contributed by atoms with Crippen LogP contribution in [-0.2, 0) is 13.0 Å². The maximum atomic E-state index is 12.0. The summed E-state index contributed by atoms with van der Waals surface area (Å²) in [5, 5.41) is 3.29. The Morgan fingerprint density at radius 3 is 2.52 bits per heavy atom. The van der Waals surface area contributed by atoms with Crippen molar-refractivity contribution >= 4 is 11.0 Å². The summed E-state index contributed by atoms with van der Waals surface area (Å²) in [6.07, 6.45) is 0.972. The summed E-state index contributed by atoms with van der Waals surface area (Å²) in [5.41, 5.74) is 5.19. The van der Waals surface area contributed by atoms with Crippen LogP contribution in [0.2, 0.25) is 0 Å². The molecule has 0 saturated carbocycles. The third-order valence-electron chi connectivity index (χ3n) is 5.00. The summed E-state index contributed by atoms with van der Waals surface area (Å²) in [6, 6.07) is 14.0. The molecule has 0 saturated heterocycles. The van der Waals surface area contributed by atoms with Gasteiger partial charge in [-0.05, 0) is 53.8 Å². The van der Waals surface area contributed by atoms with E-state index in [0.717, 1.165) is 36.2 Å². The van der Waals surface area contributed by atoms with Gasteiger partial charge in [-0.3, -0.25) is 0 Å². The van der Waals surface area contributed by atoms with Crippen LogP contribution < -0.4 is 15.7 Å². The van der Waals surface area contributed by atoms with Gasteiger partial charge in [0.1, 0.15) is 17.9 Å². The van der Waals surface area contributed by atoms with E-state index in [1.807, 2.05) is 18.2 Å². The second-order valence-corrected chi connectivity index (χ2v) is 7.33. The molecule has 2 N–H and O–H groups in total. The first-order chi connectivity index (χ1) is 13.0. The van der Waals surface area contributed by atoms with Gasteiger partial charge in [0.15, 0.2) is 0 Å². The van der Waals surface area contributed by atoms with Crippen molar-refractivity contribution in [2.45, 2.75) is 39.7 Å². The van der Waals surface area contributed by atoms with E-state index in [-0.39, 0.29) is 5.63 Å². The van der Waals surface area contributed by atoms with Crippen LogP contribution >= 0.6 is 0 Å². The first-order valence-electron chi connectivity index (χ1n) is 9.50. The van der Waals surface area contributed by atoms with Crippen LogP contribution in [0.3, 0.4) is 0 Å². The highest BCUT2D eigenvalue weighted by atomic mass is 16.5. The fourth-order valence-electron chi connectivity index (χ4n) is 3.50. The van der Waals surface area contributed by atoms with Crippen molar-refractivity contribution in [1.29, 1.82) is 0 Å². The molecule has 0 aliphatic carbocycles. The largest absolute Gasteiger partial charge is 0.497 e.